The molecule has 1 aliphatic carbocycles. The highest BCUT2D eigenvalue weighted by Gasteiger charge is 2.26. The summed E-state index contributed by atoms with van der Waals surface area (Å²) in [6, 6.07) is 0. The lowest BCUT2D eigenvalue weighted by atomic mass is 9.90. The molecule has 0 amide bonds. The quantitative estimate of drug-likeness (QED) is 0.692. The van der Waals surface area contributed by atoms with Crippen molar-refractivity contribution in [3.63, 3.8) is 0 Å². The molecule has 0 unspecified atom stereocenters. The predicted molar refractivity (Wildman–Crippen MR) is 47.5 cm³/mol. The molecule has 14 heavy (non-hydrogen) atoms. The van der Waals surface area contributed by atoms with Crippen LogP contribution in [0.1, 0.15) is 32.1 Å². The molecule has 0 heterocycles. The summed E-state index contributed by atoms with van der Waals surface area (Å²) in [4.78, 5) is 0. The summed E-state index contributed by atoms with van der Waals surface area (Å²) in [6.45, 7) is -0.0906. The molecule has 0 spiro atoms. The number of halogens is 2. The molecule has 1 fully saturated rings. The molecule has 1 saturated carbocycles. The second kappa shape index (κ2) is 5.02. The molecule has 0 N–H and O–H groups in total. The number of hydrogen-bond acceptors (Lipinski definition) is 3. The minimum atomic E-state index is -4.63. The van der Waals surface area contributed by atoms with Crippen molar-refractivity contribution in [2.75, 3.05) is 6.61 Å². The van der Waals surface area contributed by atoms with Gasteiger partial charge in [0.15, 0.2) is 0 Å². The van der Waals surface area contributed by atoms with Gasteiger partial charge < -0.3 is 0 Å². The van der Waals surface area contributed by atoms with Crippen molar-refractivity contribution in [2.24, 2.45) is 5.92 Å². The summed E-state index contributed by atoms with van der Waals surface area (Å²) in [5, 5.41) is 0. The van der Waals surface area contributed by atoms with Crippen LogP contribution >= 0.6 is 0 Å². The number of alkyl halides is 2. The van der Waals surface area contributed by atoms with Crippen LogP contribution < -0.4 is 0 Å². The van der Waals surface area contributed by atoms with Crippen molar-refractivity contribution in [2.45, 2.75) is 37.9 Å². The summed E-state index contributed by atoms with van der Waals surface area (Å²) in [7, 11) is -4.63. The third kappa shape index (κ3) is 3.49. The van der Waals surface area contributed by atoms with Crippen molar-refractivity contribution >= 4 is 10.1 Å². The molecule has 0 aromatic rings. The average molecular weight is 228 g/mol. The van der Waals surface area contributed by atoms with Gasteiger partial charge in [-0.25, -0.2) is 0 Å². The van der Waals surface area contributed by atoms with Gasteiger partial charge in [-0.3, -0.25) is 4.18 Å². The number of rotatable bonds is 4. The molecule has 1 aliphatic rings. The van der Waals surface area contributed by atoms with Crippen LogP contribution in [0.5, 0.6) is 0 Å². The highest BCUT2D eigenvalue weighted by molar-refractivity contribution is 7.87. The fourth-order valence-electron chi connectivity index (χ4n) is 1.60. The van der Waals surface area contributed by atoms with E-state index in [0.29, 0.717) is 0 Å². The molecule has 0 saturated heterocycles. The van der Waals surface area contributed by atoms with Crippen molar-refractivity contribution in [1.82, 2.24) is 0 Å². The highest BCUT2D eigenvalue weighted by Crippen LogP contribution is 2.24. The van der Waals surface area contributed by atoms with Gasteiger partial charge in [-0.1, -0.05) is 19.3 Å². The van der Waals surface area contributed by atoms with Crippen LogP contribution in [-0.4, -0.2) is 20.8 Å². The van der Waals surface area contributed by atoms with E-state index in [0.717, 1.165) is 32.1 Å². The SMILES string of the molecule is O=S(=O)(OCC1CCCCC1)C(F)F. The molecule has 84 valence electrons. The van der Waals surface area contributed by atoms with E-state index in [9.17, 15) is 17.2 Å². The largest absolute Gasteiger partial charge is 0.361 e. The van der Waals surface area contributed by atoms with E-state index < -0.39 is 15.9 Å². The van der Waals surface area contributed by atoms with Crippen molar-refractivity contribution in [3.8, 4) is 0 Å². The first-order chi connectivity index (χ1) is 6.52. The topological polar surface area (TPSA) is 43.4 Å². The van der Waals surface area contributed by atoms with Crippen LogP contribution in [0.25, 0.3) is 0 Å². The van der Waals surface area contributed by atoms with E-state index in [4.69, 9.17) is 0 Å². The van der Waals surface area contributed by atoms with Gasteiger partial charge in [-0.15, -0.1) is 0 Å². The Bertz CT molecular complexity index is 258. The van der Waals surface area contributed by atoms with E-state index in [1.807, 2.05) is 0 Å². The second-order valence-corrected chi connectivity index (χ2v) is 5.12. The minimum Gasteiger partial charge on any atom is -0.265 e. The molecule has 3 nitrogen and oxygen atoms in total. The van der Waals surface area contributed by atoms with E-state index in [1.54, 1.807) is 0 Å². The lowest BCUT2D eigenvalue weighted by molar-refractivity contribution is 0.169. The smallest absolute Gasteiger partial charge is 0.265 e. The summed E-state index contributed by atoms with van der Waals surface area (Å²) in [6.07, 6.45) is 4.95. The molecular formula is C8H14F2O3S. The zero-order chi connectivity index (χ0) is 10.6. The molecular weight excluding hydrogens is 214 g/mol. The van der Waals surface area contributed by atoms with Crippen molar-refractivity contribution in [1.29, 1.82) is 0 Å². The first-order valence-electron chi connectivity index (χ1n) is 4.69. The molecule has 0 aromatic heterocycles. The Kier molecular flexibility index (Phi) is 4.25. The van der Waals surface area contributed by atoms with Gasteiger partial charge in [0, 0.05) is 0 Å². The van der Waals surface area contributed by atoms with E-state index >= 15 is 0 Å². The monoisotopic (exact) mass is 228 g/mol. The third-order valence-electron chi connectivity index (χ3n) is 2.41. The van der Waals surface area contributed by atoms with E-state index in [-0.39, 0.29) is 12.5 Å². The van der Waals surface area contributed by atoms with Gasteiger partial charge in [-0.05, 0) is 18.8 Å². The highest BCUT2D eigenvalue weighted by atomic mass is 32.2. The first kappa shape index (κ1) is 11.8. The van der Waals surface area contributed by atoms with Crippen LogP contribution in [0.15, 0.2) is 0 Å². The maximum Gasteiger partial charge on any atom is 0.361 e. The Morgan fingerprint density at radius 3 is 2.29 bits per heavy atom. The normalized spacial score (nSPS) is 20.2. The molecule has 1 rings (SSSR count). The van der Waals surface area contributed by atoms with E-state index in [1.165, 1.54) is 0 Å². The Hall–Kier alpha value is -0.230. The number of hydrogen-bond donors (Lipinski definition) is 0. The van der Waals surface area contributed by atoms with Gasteiger partial charge in [0.2, 0.25) is 0 Å². The first-order valence-corrected chi connectivity index (χ1v) is 6.16. The maximum atomic E-state index is 11.9. The molecule has 0 atom stereocenters. The van der Waals surface area contributed by atoms with Crippen molar-refractivity contribution < 1.29 is 21.4 Å². The Balaban J connectivity index is 2.32. The Labute approximate surface area is 82.6 Å². The zero-order valence-electron chi connectivity index (χ0n) is 7.79. The fraction of sp³-hybridized carbons (Fsp3) is 1.00. The Morgan fingerprint density at radius 1 is 1.21 bits per heavy atom. The van der Waals surface area contributed by atoms with Gasteiger partial charge >= 0.3 is 15.9 Å². The molecule has 0 radical (unpaired) electrons. The van der Waals surface area contributed by atoms with Crippen molar-refractivity contribution in [3.05, 3.63) is 0 Å². The summed E-state index contributed by atoms with van der Waals surface area (Å²) in [5.74, 6) is -3.30. The molecule has 0 aliphatic heterocycles. The minimum absolute atomic E-state index is 0.0906. The lowest BCUT2D eigenvalue weighted by Crippen LogP contribution is -2.21. The second-order valence-electron chi connectivity index (χ2n) is 3.54. The van der Waals surface area contributed by atoms with Crippen LogP contribution in [0.2, 0.25) is 0 Å². The predicted octanol–water partition coefficient (Wildman–Crippen LogP) is 2.14. The Morgan fingerprint density at radius 2 is 1.79 bits per heavy atom. The van der Waals surface area contributed by atoms with Crippen LogP contribution in [0.4, 0.5) is 8.78 Å². The summed E-state index contributed by atoms with van der Waals surface area (Å²) >= 11 is 0. The molecule has 0 aromatic carbocycles. The van der Waals surface area contributed by atoms with Gasteiger partial charge in [-0.2, -0.15) is 17.2 Å². The zero-order valence-corrected chi connectivity index (χ0v) is 8.60. The average Bonchev–Trinajstić information content (AvgIpc) is 2.16. The van der Waals surface area contributed by atoms with Gasteiger partial charge in [0.1, 0.15) is 0 Å². The van der Waals surface area contributed by atoms with Crippen LogP contribution in [-0.2, 0) is 14.3 Å². The molecule has 0 bridgehead atoms. The standard InChI is InChI=1S/C8H14F2O3S/c9-8(10)14(11,12)13-6-7-4-2-1-3-5-7/h7-8H,1-6H2. The van der Waals surface area contributed by atoms with Crippen LogP contribution in [0, 0.1) is 5.92 Å². The van der Waals surface area contributed by atoms with Gasteiger partial charge in [0.05, 0.1) is 6.61 Å². The maximum absolute atomic E-state index is 11.9. The summed E-state index contributed by atoms with van der Waals surface area (Å²) in [5.41, 5.74) is 0. The summed E-state index contributed by atoms with van der Waals surface area (Å²) < 4.78 is 49.2. The third-order valence-corrected chi connectivity index (χ3v) is 3.31. The van der Waals surface area contributed by atoms with Crippen LogP contribution in [0.3, 0.4) is 0 Å². The fourth-order valence-corrected chi connectivity index (χ4v) is 2.08. The molecule has 6 heteroatoms. The van der Waals surface area contributed by atoms with Gasteiger partial charge in [0.25, 0.3) is 0 Å². The van der Waals surface area contributed by atoms with E-state index in [2.05, 4.69) is 4.18 Å². The lowest BCUT2D eigenvalue weighted by Gasteiger charge is -2.20.